The molecule has 7 nitrogen and oxygen atoms in total. The molecule has 0 amide bonds. The number of aromatic nitrogens is 2. The molecular weight excluding hydrogens is 388 g/mol. The predicted octanol–water partition coefficient (Wildman–Crippen LogP) is 3.82. The second-order valence-electron chi connectivity index (χ2n) is 5.71. The van der Waals surface area contributed by atoms with Gasteiger partial charge >= 0.3 is 0 Å². The summed E-state index contributed by atoms with van der Waals surface area (Å²) in [6, 6.07) is 16.2. The number of halogens is 1. The van der Waals surface area contributed by atoms with Gasteiger partial charge in [-0.15, -0.1) is 0 Å². The summed E-state index contributed by atoms with van der Waals surface area (Å²) >= 11 is 5.85. The first-order valence-corrected chi connectivity index (χ1v) is 10.2. The van der Waals surface area contributed by atoms with Crippen LogP contribution in [0.15, 0.2) is 60.9 Å². The van der Waals surface area contributed by atoms with Gasteiger partial charge in [-0.1, -0.05) is 41.9 Å². The number of ether oxygens (including phenoxy) is 1. The van der Waals surface area contributed by atoms with Gasteiger partial charge in [-0.25, -0.2) is 18.4 Å². The van der Waals surface area contributed by atoms with E-state index in [9.17, 15) is 8.42 Å². The van der Waals surface area contributed by atoms with Gasteiger partial charge in [-0.05, 0) is 23.8 Å². The third-order valence-electron chi connectivity index (χ3n) is 3.42. The third kappa shape index (κ3) is 5.83. The van der Waals surface area contributed by atoms with E-state index in [-0.39, 0.29) is 0 Å². The highest BCUT2D eigenvalue weighted by Gasteiger charge is 2.11. The number of nitrogens with zero attached hydrogens (tertiary/aromatic N) is 2. The fraction of sp³-hybridized carbons (Fsp3) is 0.111. The second kappa shape index (κ2) is 8.24. The predicted molar refractivity (Wildman–Crippen MR) is 106 cm³/mol. The van der Waals surface area contributed by atoms with Crippen LogP contribution in [0.3, 0.4) is 0 Å². The van der Waals surface area contributed by atoms with Crippen LogP contribution in [0, 0.1) is 0 Å². The molecule has 0 aliphatic heterocycles. The normalized spacial score (nSPS) is 11.0. The first-order chi connectivity index (χ1) is 12.9. The van der Waals surface area contributed by atoms with Crippen LogP contribution in [0.25, 0.3) is 0 Å². The molecule has 1 aromatic heterocycles. The van der Waals surface area contributed by atoms with Crippen molar-refractivity contribution in [3.63, 3.8) is 0 Å². The van der Waals surface area contributed by atoms with E-state index >= 15 is 0 Å². The van der Waals surface area contributed by atoms with Gasteiger partial charge in [-0.2, -0.15) is 0 Å². The smallest absolute Gasteiger partial charge is 0.229 e. The lowest BCUT2D eigenvalue weighted by Gasteiger charge is -2.15. The zero-order valence-corrected chi connectivity index (χ0v) is 16.0. The van der Waals surface area contributed by atoms with Crippen LogP contribution < -0.4 is 14.8 Å². The second-order valence-corrected chi connectivity index (χ2v) is 7.85. The molecule has 9 heteroatoms. The zero-order valence-electron chi connectivity index (χ0n) is 14.4. The van der Waals surface area contributed by atoms with E-state index in [0.29, 0.717) is 34.7 Å². The van der Waals surface area contributed by atoms with Crippen molar-refractivity contribution in [3.8, 4) is 5.75 Å². The van der Waals surface area contributed by atoms with Crippen LogP contribution in [-0.2, 0) is 16.6 Å². The molecule has 0 radical (unpaired) electrons. The summed E-state index contributed by atoms with van der Waals surface area (Å²) in [6.45, 7) is 0.313. The highest BCUT2D eigenvalue weighted by atomic mass is 35.5. The lowest BCUT2D eigenvalue weighted by atomic mass is 10.2. The van der Waals surface area contributed by atoms with E-state index in [4.69, 9.17) is 16.3 Å². The van der Waals surface area contributed by atoms with Crippen molar-refractivity contribution in [2.24, 2.45) is 0 Å². The van der Waals surface area contributed by atoms with E-state index in [1.165, 1.54) is 6.33 Å². The minimum atomic E-state index is -3.48. The van der Waals surface area contributed by atoms with Crippen LogP contribution >= 0.6 is 11.6 Å². The molecule has 2 N–H and O–H groups in total. The molecule has 1 heterocycles. The summed E-state index contributed by atoms with van der Waals surface area (Å²) in [4.78, 5) is 7.88. The first-order valence-electron chi connectivity index (χ1n) is 7.92. The summed E-state index contributed by atoms with van der Waals surface area (Å²) < 4.78 is 31.7. The number of hydrogen-bond acceptors (Lipinski definition) is 6. The standard InChI is InChI=1S/C18H17ClN4O3S/c1-27(24,25)23-15-9-14(22-18-10-17(19)20-12-21-18)7-8-16(15)26-11-13-5-3-2-4-6-13/h2-10,12,23H,11H2,1H3,(H,20,21,22). The third-order valence-corrected chi connectivity index (χ3v) is 4.22. The minimum absolute atomic E-state index is 0.296. The molecule has 140 valence electrons. The van der Waals surface area contributed by atoms with E-state index in [0.717, 1.165) is 11.8 Å². The summed E-state index contributed by atoms with van der Waals surface area (Å²) in [6.07, 6.45) is 2.41. The van der Waals surface area contributed by atoms with Crippen molar-refractivity contribution < 1.29 is 13.2 Å². The van der Waals surface area contributed by atoms with Gasteiger partial charge < -0.3 is 10.1 Å². The van der Waals surface area contributed by atoms with E-state index in [1.807, 2.05) is 30.3 Å². The Bertz CT molecular complexity index is 1030. The molecular formula is C18H17ClN4O3S. The number of nitrogens with one attached hydrogen (secondary N) is 2. The Morgan fingerprint density at radius 1 is 1.07 bits per heavy atom. The summed E-state index contributed by atoms with van der Waals surface area (Å²) in [5, 5.41) is 3.34. The Morgan fingerprint density at radius 2 is 1.85 bits per heavy atom. The van der Waals surface area contributed by atoms with Gasteiger partial charge in [0.05, 0.1) is 11.9 Å². The van der Waals surface area contributed by atoms with Gasteiger partial charge in [-0.3, -0.25) is 4.72 Å². The topological polar surface area (TPSA) is 93.2 Å². The van der Waals surface area contributed by atoms with E-state index in [2.05, 4.69) is 20.0 Å². The molecule has 3 rings (SSSR count). The quantitative estimate of drug-likeness (QED) is 0.581. The Labute approximate surface area is 162 Å². The Kier molecular flexibility index (Phi) is 5.78. The molecule has 0 aliphatic rings. The molecule has 0 unspecified atom stereocenters. The van der Waals surface area contributed by atoms with Crippen molar-refractivity contribution >= 4 is 38.8 Å². The van der Waals surface area contributed by atoms with Gasteiger partial charge in [0.1, 0.15) is 29.7 Å². The lowest BCUT2D eigenvalue weighted by Crippen LogP contribution is -2.11. The molecule has 0 atom stereocenters. The van der Waals surface area contributed by atoms with E-state index in [1.54, 1.807) is 24.3 Å². The molecule has 0 bridgehead atoms. The van der Waals surface area contributed by atoms with Crippen LogP contribution in [-0.4, -0.2) is 24.6 Å². The van der Waals surface area contributed by atoms with Crippen LogP contribution in [0.2, 0.25) is 5.15 Å². The molecule has 0 saturated carbocycles. The monoisotopic (exact) mass is 404 g/mol. The SMILES string of the molecule is CS(=O)(=O)Nc1cc(Nc2cc(Cl)ncn2)ccc1OCc1ccccc1. The average molecular weight is 405 g/mol. The Hall–Kier alpha value is -2.84. The van der Waals surface area contributed by atoms with Crippen molar-refractivity contribution in [3.05, 3.63) is 71.6 Å². The van der Waals surface area contributed by atoms with Crippen LogP contribution in [0.4, 0.5) is 17.2 Å². The number of rotatable bonds is 7. The highest BCUT2D eigenvalue weighted by molar-refractivity contribution is 7.92. The summed E-state index contributed by atoms with van der Waals surface area (Å²) in [5.74, 6) is 0.897. The molecule has 0 spiro atoms. The largest absolute Gasteiger partial charge is 0.487 e. The van der Waals surface area contributed by atoms with Crippen LogP contribution in [0.1, 0.15) is 5.56 Å². The molecule has 0 fully saturated rings. The number of hydrogen-bond donors (Lipinski definition) is 2. The summed E-state index contributed by atoms with van der Waals surface area (Å²) in [7, 11) is -3.48. The molecule has 27 heavy (non-hydrogen) atoms. The summed E-state index contributed by atoms with van der Waals surface area (Å²) in [5.41, 5.74) is 1.90. The maximum absolute atomic E-state index is 11.7. The van der Waals surface area contributed by atoms with Gasteiger partial charge in [0.2, 0.25) is 10.0 Å². The van der Waals surface area contributed by atoms with Crippen molar-refractivity contribution in [2.45, 2.75) is 6.61 Å². The van der Waals surface area contributed by atoms with Crippen molar-refractivity contribution in [1.29, 1.82) is 0 Å². The van der Waals surface area contributed by atoms with E-state index < -0.39 is 10.0 Å². The Morgan fingerprint density at radius 3 is 2.56 bits per heavy atom. The fourth-order valence-electron chi connectivity index (χ4n) is 2.30. The lowest BCUT2D eigenvalue weighted by molar-refractivity contribution is 0.308. The van der Waals surface area contributed by atoms with Crippen molar-refractivity contribution in [2.75, 3.05) is 16.3 Å². The average Bonchev–Trinajstić information content (AvgIpc) is 2.61. The van der Waals surface area contributed by atoms with Gasteiger partial charge in [0.25, 0.3) is 0 Å². The molecule has 3 aromatic rings. The number of sulfonamides is 1. The molecule has 0 saturated heterocycles. The fourth-order valence-corrected chi connectivity index (χ4v) is 3.00. The van der Waals surface area contributed by atoms with Gasteiger partial charge in [0.15, 0.2) is 0 Å². The minimum Gasteiger partial charge on any atom is -0.487 e. The van der Waals surface area contributed by atoms with Crippen LogP contribution in [0.5, 0.6) is 5.75 Å². The zero-order chi connectivity index (χ0) is 19.3. The molecule has 0 aliphatic carbocycles. The van der Waals surface area contributed by atoms with Gasteiger partial charge in [0, 0.05) is 11.8 Å². The Balaban J connectivity index is 1.84. The number of anilines is 3. The van der Waals surface area contributed by atoms with Crippen molar-refractivity contribution in [1.82, 2.24) is 9.97 Å². The maximum Gasteiger partial charge on any atom is 0.229 e. The highest BCUT2D eigenvalue weighted by Crippen LogP contribution is 2.31. The number of benzene rings is 2. The first kappa shape index (κ1) is 18.9. The maximum atomic E-state index is 11.7. The molecule has 2 aromatic carbocycles.